The van der Waals surface area contributed by atoms with Crippen LogP contribution in [0, 0.1) is 12.8 Å². The average Bonchev–Trinajstić information content (AvgIpc) is 3.28. The molecule has 0 spiro atoms. The van der Waals surface area contributed by atoms with E-state index in [0.717, 1.165) is 24.0 Å². The van der Waals surface area contributed by atoms with Crippen molar-refractivity contribution < 1.29 is 9.59 Å². The van der Waals surface area contributed by atoms with E-state index in [1.54, 1.807) is 4.90 Å². The first-order valence-electron chi connectivity index (χ1n) is 7.68. The minimum atomic E-state index is -0.415. The molecule has 1 aliphatic carbocycles. The van der Waals surface area contributed by atoms with Gasteiger partial charge in [0.15, 0.2) is 0 Å². The number of carbonyl (C=O) groups excluding carboxylic acids is 2. The molecule has 3 rings (SSSR count). The number of piperazine rings is 1. The zero-order chi connectivity index (χ0) is 15.1. The zero-order valence-corrected chi connectivity index (χ0v) is 12.8. The van der Waals surface area contributed by atoms with E-state index in [-0.39, 0.29) is 23.9 Å². The normalized spacial score (nSPS) is 27.5. The summed E-state index contributed by atoms with van der Waals surface area (Å²) in [4.78, 5) is 26.8. The van der Waals surface area contributed by atoms with Crippen LogP contribution in [-0.2, 0) is 9.59 Å². The molecule has 2 amide bonds. The second kappa shape index (κ2) is 5.17. The molecule has 1 aromatic carbocycles. The summed E-state index contributed by atoms with van der Waals surface area (Å²) in [6.07, 6.45) is 2.08. The molecule has 0 radical (unpaired) electrons. The Morgan fingerprint density at radius 1 is 1.24 bits per heavy atom. The fourth-order valence-electron chi connectivity index (χ4n) is 3.29. The summed E-state index contributed by atoms with van der Waals surface area (Å²) in [5.74, 6) is 0.368. The first-order valence-corrected chi connectivity index (χ1v) is 7.68. The number of amides is 2. The summed E-state index contributed by atoms with van der Waals surface area (Å²) in [6.45, 7) is 5.87. The molecule has 3 atom stereocenters. The number of nitrogens with zero attached hydrogens (tertiary/aromatic N) is 1. The van der Waals surface area contributed by atoms with Gasteiger partial charge in [-0.2, -0.15) is 0 Å². The highest BCUT2D eigenvalue weighted by atomic mass is 16.2. The third-order valence-electron chi connectivity index (χ3n) is 4.76. The van der Waals surface area contributed by atoms with Crippen LogP contribution in [0.3, 0.4) is 0 Å². The third kappa shape index (κ3) is 2.43. The molecular formula is C17H22N2O2. The van der Waals surface area contributed by atoms with Crippen LogP contribution in [0.25, 0.3) is 0 Å². The molecular weight excluding hydrogens is 264 g/mol. The molecule has 1 saturated carbocycles. The zero-order valence-electron chi connectivity index (χ0n) is 12.8. The molecule has 4 heteroatoms. The van der Waals surface area contributed by atoms with E-state index in [0.29, 0.717) is 5.92 Å². The highest BCUT2D eigenvalue weighted by Crippen LogP contribution is 2.37. The number of aryl methyl sites for hydroxylation is 1. The lowest BCUT2D eigenvalue weighted by molar-refractivity contribution is -0.151. The summed E-state index contributed by atoms with van der Waals surface area (Å²) >= 11 is 0. The van der Waals surface area contributed by atoms with Gasteiger partial charge in [-0.25, -0.2) is 0 Å². The van der Waals surface area contributed by atoms with E-state index < -0.39 is 6.04 Å². The van der Waals surface area contributed by atoms with E-state index in [2.05, 4.69) is 5.32 Å². The molecule has 3 unspecified atom stereocenters. The van der Waals surface area contributed by atoms with Gasteiger partial charge in [-0.15, -0.1) is 0 Å². The second-order valence-corrected chi connectivity index (χ2v) is 6.28. The van der Waals surface area contributed by atoms with Crippen LogP contribution in [0.1, 0.15) is 43.9 Å². The maximum absolute atomic E-state index is 12.8. The number of hydrogen-bond donors (Lipinski definition) is 1. The highest BCUT2D eigenvalue weighted by Gasteiger charge is 2.47. The lowest BCUT2D eigenvalue weighted by Crippen LogP contribution is -2.63. The summed E-state index contributed by atoms with van der Waals surface area (Å²) in [7, 11) is 0. The summed E-state index contributed by atoms with van der Waals surface area (Å²) in [5.41, 5.74) is 2.26. The van der Waals surface area contributed by atoms with E-state index in [1.807, 2.05) is 45.0 Å². The molecule has 1 aliphatic heterocycles. The van der Waals surface area contributed by atoms with Crippen LogP contribution in [0.2, 0.25) is 0 Å². The Morgan fingerprint density at radius 3 is 2.52 bits per heavy atom. The van der Waals surface area contributed by atoms with Crippen molar-refractivity contribution in [2.75, 3.05) is 0 Å². The number of nitrogens with one attached hydrogen (secondary N) is 1. The molecule has 1 heterocycles. The number of hydrogen-bond acceptors (Lipinski definition) is 2. The second-order valence-electron chi connectivity index (χ2n) is 6.28. The van der Waals surface area contributed by atoms with Gasteiger partial charge in [0.05, 0.1) is 6.04 Å². The minimum Gasteiger partial charge on any atom is -0.342 e. The lowest BCUT2D eigenvalue weighted by atomic mass is 9.96. The Kier molecular flexibility index (Phi) is 3.47. The number of benzene rings is 1. The first kappa shape index (κ1) is 14.1. The molecule has 1 saturated heterocycles. The van der Waals surface area contributed by atoms with E-state index >= 15 is 0 Å². The van der Waals surface area contributed by atoms with Crippen LogP contribution in [-0.4, -0.2) is 28.8 Å². The van der Waals surface area contributed by atoms with Crippen molar-refractivity contribution in [1.29, 1.82) is 0 Å². The SMILES string of the molecule is Cc1ccccc1C(C)N1C(=O)C(C2CC2)NC(=O)C1C. The van der Waals surface area contributed by atoms with E-state index in [4.69, 9.17) is 0 Å². The van der Waals surface area contributed by atoms with Gasteiger partial charge in [-0.1, -0.05) is 24.3 Å². The predicted molar refractivity (Wildman–Crippen MR) is 80.6 cm³/mol. The van der Waals surface area contributed by atoms with Crippen LogP contribution in [0.5, 0.6) is 0 Å². The van der Waals surface area contributed by atoms with Crippen molar-refractivity contribution >= 4 is 11.8 Å². The van der Waals surface area contributed by atoms with Crippen molar-refractivity contribution in [1.82, 2.24) is 10.2 Å². The summed E-state index contributed by atoms with van der Waals surface area (Å²) in [5, 5.41) is 2.90. The van der Waals surface area contributed by atoms with E-state index in [9.17, 15) is 9.59 Å². The lowest BCUT2D eigenvalue weighted by Gasteiger charge is -2.41. The maximum Gasteiger partial charge on any atom is 0.246 e. The molecule has 1 aromatic rings. The Hall–Kier alpha value is -1.84. The standard InChI is InChI=1S/C17H22N2O2/c1-10-6-4-5-7-14(10)11(2)19-12(3)16(20)18-15(17(19)21)13-8-9-13/h4-7,11-13,15H,8-9H2,1-3H3,(H,18,20). The smallest absolute Gasteiger partial charge is 0.246 e. The van der Waals surface area contributed by atoms with Crippen LogP contribution in [0.4, 0.5) is 0 Å². The third-order valence-corrected chi connectivity index (χ3v) is 4.76. The molecule has 2 aliphatic rings. The average molecular weight is 286 g/mol. The number of carbonyl (C=O) groups is 2. The van der Waals surface area contributed by atoms with E-state index in [1.165, 1.54) is 0 Å². The van der Waals surface area contributed by atoms with Crippen molar-refractivity contribution in [3.05, 3.63) is 35.4 Å². The van der Waals surface area contributed by atoms with Crippen LogP contribution in [0.15, 0.2) is 24.3 Å². The Labute approximate surface area is 125 Å². The highest BCUT2D eigenvalue weighted by molar-refractivity contribution is 5.97. The van der Waals surface area contributed by atoms with Crippen molar-refractivity contribution in [2.45, 2.75) is 51.7 Å². The number of rotatable bonds is 3. The van der Waals surface area contributed by atoms with Gasteiger partial charge in [0.25, 0.3) is 0 Å². The Morgan fingerprint density at radius 2 is 1.90 bits per heavy atom. The Bertz CT molecular complexity index is 580. The molecule has 0 bridgehead atoms. The van der Waals surface area contributed by atoms with Crippen molar-refractivity contribution in [2.24, 2.45) is 5.92 Å². The molecule has 2 fully saturated rings. The predicted octanol–water partition coefficient (Wildman–Crippen LogP) is 2.18. The van der Waals surface area contributed by atoms with Crippen LogP contribution < -0.4 is 5.32 Å². The van der Waals surface area contributed by atoms with Gasteiger partial charge in [0, 0.05) is 0 Å². The minimum absolute atomic E-state index is 0.0352. The largest absolute Gasteiger partial charge is 0.342 e. The molecule has 112 valence electrons. The van der Waals surface area contributed by atoms with Gasteiger partial charge in [0.2, 0.25) is 11.8 Å². The van der Waals surface area contributed by atoms with Gasteiger partial charge in [-0.05, 0) is 50.7 Å². The fourth-order valence-corrected chi connectivity index (χ4v) is 3.29. The maximum atomic E-state index is 12.8. The van der Waals surface area contributed by atoms with Crippen molar-refractivity contribution in [3.63, 3.8) is 0 Å². The van der Waals surface area contributed by atoms with Crippen molar-refractivity contribution in [3.8, 4) is 0 Å². The summed E-state index contributed by atoms with van der Waals surface area (Å²) in [6, 6.07) is 7.24. The Balaban J connectivity index is 1.92. The molecule has 1 N–H and O–H groups in total. The van der Waals surface area contributed by atoms with Gasteiger partial charge in [0.1, 0.15) is 12.1 Å². The van der Waals surface area contributed by atoms with Gasteiger partial charge < -0.3 is 10.2 Å². The monoisotopic (exact) mass is 286 g/mol. The molecule has 21 heavy (non-hydrogen) atoms. The quantitative estimate of drug-likeness (QED) is 0.926. The van der Waals surface area contributed by atoms with Gasteiger partial charge >= 0.3 is 0 Å². The molecule has 0 aromatic heterocycles. The molecule has 4 nitrogen and oxygen atoms in total. The van der Waals surface area contributed by atoms with Crippen LogP contribution >= 0.6 is 0 Å². The topological polar surface area (TPSA) is 49.4 Å². The van der Waals surface area contributed by atoms with Gasteiger partial charge in [-0.3, -0.25) is 9.59 Å². The first-order chi connectivity index (χ1) is 10.0. The summed E-state index contributed by atoms with van der Waals surface area (Å²) < 4.78 is 0. The fraction of sp³-hybridized carbons (Fsp3) is 0.529.